The number of carbonyl (C=O) groups is 2. The van der Waals surface area contributed by atoms with Gasteiger partial charge in [0.25, 0.3) is 0 Å². The van der Waals surface area contributed by atoms with Crippen LogP contribution in [0, 0.1) is 0 Å². The third kappa shape index (κ3) is 4.75. The molecule has 8 heteroatoms. The summed E-state index contributed by atoms with van der Waals surface area (Å²) in [6.07, 6.45) is -8.04. The zero-order valence-electron chi connectivity index (χ0n) is 9.18. The predicted molar refractivity (Wildman–Crippen MR) is 52.5 cm³/mol. The molecule has 0 aliphatic rings. The summed E-state index contributed by atoms with van der Waals surface area (Å²) in [5.74, 6) is -2.34. The maximum absolute atomic E-state index is 11.1. The van der Waals surface area contributed by atoms with Gasteiger partial charge in [-0.05, 0) is 0 Å². The van der Waals surface area contributed by atoms with Crippen LogP contribution in [0.3, 0.4) is 0 Å². The van der Waals surface area contributed by atoms with Gasteiger partial charge in [-0.25, -0.2) is 4.79 Å². The molecule has 0 unspecified atom stereocenters. The van der Waals surface area contributed by atoms with Crippen molar-refractivity contribution < 1.29 is 39.9 Å². The molecule has 0 rings (SSSR count). The molecule has 0 aliphatic carbocycles. The average molecular weight is 252 g/mol. The first-order valence-electron chi connectivity index (χ1n) is 4.92. The number of hydrogen-bond donors (Lipinski definition) is 5. The van der Waals surface area contributed by atoms with Crippen LogP contribution in [0.15, 0.2) is 0 Å². The van der Waals surface area contributed by atoms with Crippen molar-refractivity contribution in [2.24, 2.45) is 0 Å². The van der Waals surface area contributed by atoms with E-state index in [1.807, 2.05) is 0 Å². The van der Waals surface area contributed by atoms with Crippen LogP contribution >= 0.6 is 0 Å². The number of aliphatic hydroxyl groups is 5. The Balaban J connectivity index is 4.43. The highest BCUT2D eigenvalue weighted by molar-refractivity contribution is 5.87. The van der Waals surface area contributed by atoms with Crippen molar-refractivity contribution in [3.63, 3.8) is 0 Å². The fourth-order valence-electron chi connectivity index (χ4n) is 0.907. The van der Waals surface area contributed by atoms with E-state index in [0.29, 0.717) is 0 Å². The maximum atomic E-state index is 11.1. The van der Waals surface area contributed by atoms with Gasteiger partial charge in [0.1, 0.15) is 18.3 Å². The van der Waals surface area contributed by atoms with Crippen molar-refractivity contribution >= 4 is 11.9 Å². The summed E-state index contributed by atoms with van der Waals surface area (Å²) < 4.78 is 4.10. The number of carbonyl (C=O) groups excluding carboxylic acids is 2. The second-order valence-corrected chi connectivity index (χ2v) is 3.32. The number of esters is 2. The molecule has 0 amide bonds. The monoisotopic (exact) mass is 252 g/mol. The summed E-state index contributed by atoms with van der Waals surface area (Å²) in [7, 11) is 0. The predicted octanol–water partition coefficient (Wildman–Crippen LogP) is -3.10. The Morgan fingerprint density at radius 3 is 2.06 bits per heavy atom. The lowest BCUT2D eigenvalue weighted by atomic mass is 10.0. The van der Waals surface area contributed by atoms with E-state index in [9.17, 15) is 24.9 Å². The van der Waals surface area contributed by atoms with Crippen molar-refractivity contribution in [1.29, 1.82) is 0 Å². The van der Waals surface area contributed by atoms with Crippen molar-refractivity contribution in [2.45, 2.75) is 37.8 Å². The second kappa shape index (κ2) is 7.30. The smallest absolute Gasteiger partial charge is 0.345 e. The van der Waals surface area contributed by atoms with Crippen LogP contribution in [0.2, 0.25) is 0 Å². The van der Waals surface area contributed by atoms with Gasteiger partial charge in [0.2, 0.25) is 0 Å². The second-order valence-electron chi connectivity index (χ2n) is 3.32. The van der Waals surface area contributed by atoms with E-state index in [1.54, 1.807) is 0 Å². The molecule has 5 N–H and O–H groups in total. The molecule has 0 bridgehead atoms. The van der Waals surface area contributed by atoms with Crippen molar-refractivity contribution in [3.8, 4) is 0 Å². The lowest BCUT2D eigenvalue weighted by Crippen LogP contribution is -2.49. The minimum Gasteiger partial charge on any atom is -0.394 e. The minimum atomic E-state index is -2.19. The molecule has 0 spiro atoms. The van der Waals surface area contributed by atoms with Gasteiger partial charge in [0.05, 0.1) is 6.61 Å². The van der Waals surface area contributed by atoms with E-state index in [4.69, 9.17) is 10.2 Å². The molecule has 0 saturated heterocycles. The Morgan fingerprint density at radius 1 is 1.12 bits per heavy atom. The molecule has 4 atom stereocenters. The number of ether oxygens (including phenoxy) is 1. The summed E-state index contributed by atoms with van der Waals surface area (Å²) in [6, 6.07) is 0. The van der Waals surface area contributed by atoms with Crippen LogP contribution in [-0.2, 0) is 14.3 Å². The molecule has 8 nitrogen and oxygen atoms in total. The Morgan fingerprint density at radius 2 is 1.65 bits per heavy atom. The van der Waals surface area contributed by atoms with Crippen LogP contribution in [0.1, 0.15) is 13.3 Å². The molecular formula is C9H16O8. The van der Waals surface area contributed by atoms with Crippen molar-refractivity contribution in [2.75, 3.05) is 6.61 Å². The average Bonchev–Trinajstić information content (AvgIpc) is 2.34. The summed E-state index contributed by atoms with van der Waals surface area (Å²) >= 11 is 0. The third-order valence-electron chi connectivity index (χ3n) is 2.00. The van der Waals surface area contributed by atoms with Crippen LogP contribution in [0.4, 0.5) is 0 Å². The molecule has 0 radical (unpaired) electrons. The molecule has 0 aromatic rings. The Hall–Kier alpha value is -1.06. The molecule has 0 heterocycles. The topological polar surface area (TPSA) is 145 Å². The van der Waals surface area contributed by atoms with Gasteiger partial charge < -0.3 is 30.3 Å². The molecule has 100 valence electrons. The zero-order valence-corrected chi connectivity index (χ0v) is 9.18. The lowest BCUT2D eigenvalue weighted by molar-refractivity contribution is -0.176. The van der Waals surface area contributed by atoms with Crippen LogP contribution in [-0.4, -0.2) is 68.5 Å². The minimum absolute atomic E-state index is 0.101. The fourth-order valence-corrected chi connectivity index (χ4v) is 0.907. The van der Waals surface area contributed by atoms with E-state index in [-0.39, 0.29) is 6.42 Å². The molecule has 0 saturated carbocycles. The highest BCUT2D eigenvalue weighted by Crippen LogP contribution is 2.07. The number of hydrogen-bond acceptors (Lipinski definition) is 8. The largest absolute Gasteiger partial charge is 0.394 e. The van der Waals surface area contributed by atoms with E-state index < -0.39 is 43.0 Å². The van der Waals surface area contributed by atoms with E-state index >= 15 is 0 Å². The normalized spacial score (nSPS) is 18.0. The van der Waals surface area contributed by atoms with Gasteiger partial charge in [-0.2, -0.15) is 0 Å². The summed E-state index contributed by atoms with van der Waals surface area (Å²) in [5.41, 5.74) is 0. The molecule has 0 aromatic heterocycles. The summed E-state index contributed by atoms with van der Waals surface area (Å²) in [4.78, 5) is 21.8. The Kier molecular flexibility index (Phi) is 6.85. The first kappa shape index (κ1) is 15.9. The maximum Gasteiger partial charge on any atom is 0.345 e. The van der Waals surface area contributed by atoms with Crippen LogP contribution < -0.4 is 0 Å². The van der Waals surface area contributed by atoms with Crippen molar-refractivity contribution in [3.05, 3.63) is 0 Å². The standard InChI is InChI=1S/C9H16O8/c1-2-5(12)17-9(16)8(15)7(14)6(13)4(11)3-10/h4,6-8,10-11,13-15H,2-3H2,1H3/t4-,6-,7+,8-/m1/s1. The van der Waals surface area contributed by atoms with Crippen LogP contribution in [0.5, 0.6) is 0 Å². The molecule has 0 fully saturated rings. The van der Waals surface area contributed by atoms with Gasteiger partial charge in [-0.3, -0.25) is 4.79 Å². The van der Waals surface area contributed by atoms with E-state index in [1.165, 1.54) is 6.92 Å². The van der Waals surface area contributed by atoms with Crippen LogP contribution in [0.25, 0.3) is 0 Å². The molecular weight excluding hydrogens is 236 g/mol. The van der Waals surface area contributed by atoms with Gasteiger partial charge in [0, 0.05) is 6.42 Å². The quantitative estimate of drug-likeness (QED) is 0.247. The SMILES string of the molecule is CCC(=O)OC(=O)[C@H](O)[C@@H](O)[C@H](O)[C@H](O)CO. The highest BCUT2D eigenvalue weighted by atomic mass is 16.6. The molecule has 0 aliphatic heterocycles. The van der Waals surface area contributed by atoms with Gasteiger partial charge in [0.15, 0.2) is 6.10 Å². The van der Waals surface area contributed by atoms with Gasteiger partial charge in [-0.15, -0.1) is 0 Å². The fraction of sp³-hybridized carbons (Fsp3) is 0.778. The summed E-state index contributed by atoms with van der Waals surface area (Å²) in [5, 5.41) is 45.1. The first-order valence-corrected chi connectivity index (χ1v) is 4.92. The van der Waals surface area contributed by atoms with E-state index in [0.717, 1.165) is 0 Å². The Bertz CT molecular complexity index is 266. The first-order chi connectivity index (χ1) is 7.84. The van der Waals surface area contributed by atoms with Crippen molar-refractivity contribution in [1.82, 2.24) is 0 Å². The summed E-state index contributed by atoms with van der Waals surface area (Å²) in [6.45, 7) is 0.552. The van der Waals surface area contributed by atoms with Gasteiger partial charge >= 0.3 is 11.9 Å². The Labute approximate surface area is 97.1 Å². The van der Waals surface area contributed by atoms with E-state index in [2.05, 4.69) is 4.74 Å². The molecule has 0 aromatic carbocycles. The zero-order chi connectivity index (χ0) is 13.6. The third-order valence-corrected chi connectivity index (χ3v) is 2.00. The number of aliphatic hydroxyl groups excluding tert-OH is 5. The lowest BCUT2D eigenvalue weighted by Gasteiger charge is -2.24. The number of rotatable bonds is 6. The highest BCUT2D eigenvalue weighted by Gasteiger charge is 2.35. The van der Waals surface area contributed by atoms with Gasteiger partial charge in [-0.1, -0.05) is 6.92 Å². The molecule has 17 heavy (non-hydrogen) atoms.